The molecule has 0 aliphatic carbocycles. The van der Waals surface area contributed by atoms with Crippen LogP contribution in [0.1, 0.15) is 52.6 Å². The summed E-state index contributed by atoms with van der Waals surface area (Å²) in [7, 11) is 0. The summed E-state index contributed by atoms with van der Waals surface area (Å²) in [6.45, 7) is 5.18. The summed E-state index contributed by atoms with van der Waals surface area (Å²) in [5.41, 5.74) is 1.63. The van der Waals surface area contributed by atoms with Crippen LogP contribution in [-0.2, 0) is 4.79 Å². The third-order valence-corrected chi connectivity index (χ3v) is 4.23. The zero-order valence-electron chi connectivity index (χ0n) is 17.2. The number of hydrogen-bond donors (Lipinski definition) is 5. The highest BCUT2D eigenvalue weighted by Crippen LogP contribution is 2.22. The number of benzene rings is 2. The van der Waals surface area contributed by atoms with Gasteiger partial charge >= 0.3 is 11.9 Å². The summed E-state index contributed by atoms with van der Waals surface area (Å²) in [6, 6.07) is 9.32. The van der Waals surface area contributed by atoms with Crippen molar-refractivity contribution in [3.8, 4) is 0 Å². The van der Waals surface area contributed by atoms with Gasteiger partial charge in [-0.1, -0.05) is 24.3 Å². The second-order valence-corrected chi connectivity index (χ2v) is 7.39. The molecule has 0 aliphatic rings. The molecule has 0 bridgehead atoms. The Balaban J connectivity index is 2.35. The molecule has 162 valence electrons. The number of carbonyl (C=O) groups excluding carboxylic acids is 1. The summed E-state index contributed by atoms with van der Waals surface area (Å²) < 4.78 is 0. The number of amides is 1. The SMILES string of the molecule is CC(=O)Nc1ccc(/C=C/c2ccc(NC(=S)NC(C)C)cc2C(=O)O)c(C(=O)O)c1. The number of rotatable bonds is 7. The Labute approximate surface area is 185 Å². The van der Waals surface area contributed by atoms with Crippen LogP contribution in [0.3, 0.4) is 0 Å². The summed E-state index contributed by atoms with van der Waals surface area (Å²) in [6.07, 6.45) is 3.04. The standard InChI is InChI=1S/C22H23N3O5S/c1-12(2)23-22(31)25-17-9-7-15(19(11-17)21(29)30)5-4-14-6-8-16(24-13(3)26)10-18(14)20(27)28/h4-12H,1-3H3,(H,24,26)(H,27,28)(H,29,30)(H2,23,25,31)/b5-4+. The molecule has 5 N–H and O–H groups in total. The molecular formula is C22H23N3O5S. The molecule has 0 saturated heterocycles. The molecule has 0 aliphatic heterocycles. The van der Waals surface area contributed by atoms with E-state index in [4.69, 9.17) is 12.2 Å². The Bertz CT molecular complexity index is 1060. The Morgan fingerprint density at radius 2 is 1.32 bits per heavy atom. The van der Waals surface area contributed by atoms with E-state index in [1.165, 1.54) is 37.3 Å². The molecule has 0 fully saturated rings. The minimum atomic E-state index is -1.17. The van der Waals surface area contributed by atoms with Crippen LogP contribution in [0, 0.1) is 0 Å². The fourth-order valence-electron chi connectivity index (χ4n) is 2.74. The minimum Gasteiger partial charge on any atom is -0.478 e. The molecule has 0 saturated carbocycles. The van der Waals surface area contributed by atoms with Gasteiger partial charge in [-0.3, -0.25) is 4.79 Å². The Morgan fingerprint density at radius 3 is 1.71 bits per heavy atom. The van der Waals surface area contributed by atoms with E-state index in [2.05, 4.69) is 16.0 Å². The van der Waals surface area contributed by atoms with Gasteiger partial charge in [0.2, 0.25) is 5.91 Å². The van der Waals surface area contributed by atoms with Gasteiger partial charge in [0, 0.05) is 24.3 Å². The van der Waals surface area contributed by atoms with Gasteiger partial charge < -0.3 is 26.2 Å². The van der Waals surface area contributed by atoms with Crippen molar-refractivity contribution >= 4 is 58.7 Å². The number of anilines is 2. The summed E-state index contributed by atoms with van der Waals surface area (Å²) in [5, 5.41) is 27.9. The predicted molar refractivity (Wildman–Crippen MR) is 125 cm³/mol. The molecule has 0 spiro atoms. The third kappa shape index (κ3) is 6.93. The predicted octanol–water partition coefficient (Wildman–Crippen LogP) is 3.91. The molecule has 0 aromatic heterocycles. The lowest BCUT2D eigenvalue weighted by Crippen LogP contribution is -2.33. The normalized spacial score (nSPS) is 10.7. The molecule has 1 amide bonds. The zero-order valence-corrected chi connectivity index (χ0v) is 18.0. The first-order valence-electron chi connectivity index (χ1n) is 9.34. The van der Waals surface area contributed by atoms with Crippen LogP contribution in [0.2, 0.25) is 0 Å². The number of hydrogen-bond acceptors (Lipinski definition) is 4. The molecule has 8 nitrogen and oxygen atoms in total. The van der Waals surface area contributed by atoms with Crippen molar-refractivity contribution in [1.29, 1.82) is 0 Å². The molecule has 0 heterocycles. The van der Waals surface area contributed by atoms with E-state index in [0.717, 1.165) is 0 Å². The van der Waals surface area contributed by atoms with E-state index >= 15 is 0 Å². The topological polar surface area (TPSA) is 128 Å². The molecule has 0 radical (unpaired) electrons. The smallest absolute Gasteiger partial charge is 0.336 e. The second-order valence-electron chi connectivity index (χ2n) is 6.98. The number of nitrogens with one attached hydrogen (secondary N) is 3. The van der Waals surface area contributed by atoms with Gasteiger partial charge in [0.1, 0.15) is 0 Å². The number of carboxylic acid groups (broad SMARTS) is 2. The third-order valence-electron chi connectivity index (χ3n) is 4.01. The van der Waals surface area contributed by atoms with Crippen molar-refractivity contribution in [3.63, 3.8) is 0 Å². The number of thiocarbonyl (C=S) groups is 1. The van der Waals surface area contributed by atoms with E-state index in [1.807, 2.05) is 13.8 Å². The fraction of sp³-hybridized carbons (Fsp3) is 0.182. The van der Waals surface area contributed by atoms with Crippen molar-refractivity contribution in [2.45, 2.75) is 26.8 Å². The largest absolute Gasteiger partial charge is 0.478 e. The van der Waals surface area contributed by atoms with Crippen molar-refractivity contribution < 1.29 is 24.6 Å². The van der Waals surface area contributed by atoms with Gasteiger partial charge in [-0.2, -0.15) is 0 Å². The number of carboxylic acids is 2. The van der Waals surface area contributed by atoms with E-state index in [9.17, 15) is 24.6 Å². The highest BCUT2D eigenvalue weighted by atomic mass is 32.1. The molecule has 0 unspecified atom stereocenters. The average Bonchev–Trinajstić information content (AvgIpc) is 2.66. The first kappa shape index (κ1) is 23.6. The Morgan fingerprint density at radius 1 is 0.871 bits per heavy atom. The van der Waals surface area contributed by atoms with Gasteiger partial charge in [0.15, 0.2) is 5.11 Å². The van der Waals surface area contributed by atoms with E-state index in [-0.39, 0.29) is 23.1 Å². The van der Waals surface area contributed by atoms with Crippen LogP contribution < -0.4 is 16.0 Å². The maximum absolute atomic E-state index is 11.7. The van der Waals surface area contributed by atoms with Crippen LogP contribution in [0.5, 0.6) is 0 Å². The van der Waals surface area contributed by atoms with E-state index in [1.54, 1.807) is 18.2 Å². The molecule has 31 heavy (non-hydrogen) atoms. The second kappa shape index (κ2) is 10.4. The lowest BCUT2D eigenvalue weighted by atomic mass is 10.0. The maximum atomic E-state index is 11.7. The van der Waals surface area contributed by atoms with Gasteiger partial charge in [-0.05, 0) is 61.5 Å². The molecule has 2 rings (SSSR count). The molecule has 0 atom stereocenters. The molecule has 9 heteroatoms. The van der Waals surface area contributed by atoms with Crippen molar-refractivity contribution in [3.05, 3.63) is 58.7 Å². The first-order chi connectivity index (χ1) is 14.6. The molecule has 2 aromatic rings. The molecule has 2 aromatic carbocycles. The Hall–Kier alpha value is -3.72. The maximum Gasteiger partial charge on any atom is 0.336 e. The van der Waals surface area contributed by atoms with Gasteiger partial charge in [0.05, 0.1) is 11.1 Å². The van der Waals surface area contributed by atoms with Gasteiger partial charge in [0.25, 0.3) is 0 Å². The van der Waals surface area contributed by atoms with Crippen LogP contribution in [-0.4, -0.2) is 39.2 Å². The van der Waals surface area contributed by atoms with Crippen LogP contribution in [0.25, 0.3) is 12.2 Å². The molecular weight excluding hydrogens is 418 g/mol. The summed E-state index contributed by atoms with van der Waals surface area (Å²) >= 11 is 5.18. The zero-order chi connectivity index (χ0) is 23.1. The average molecular weight is 442 g/mol. The first-order valence-corrected chi connectivity index (χ1v) is 9.75. The number of aromatic carboxylic acids is 2. The van der Waals surface area contributed by atoms with Crippen LogP contribution in [0.15, 0.2) is 36.4 Å². The quantitative estimate of drug-likeness (QED) is 0.323. The van der Waals surface area contributed by atoms with Crippen molar-refractivity contribution in [2.75, 3.05) is 10.6 Å². The highest BCUT2D eigenvalue weighted by molar-refractivity contribution is 7.80. The lowest BCUT2D eigenvalue weighted by molar-refractivity contribution is -0.114. The highest BCUT2D eigenvalue weighted by Gasteiger charge is 2.13. The monoisotopic (exact) mass is 441 g/mol. The van der Waals surface area contributed by atoms with Gasteiger partial charge in [-0.25, -0.2) is 9.59 Å². The van der Waals surface area contributed by atoms with E-state index in [0.29, 0.717) is 27.6 Å². The minimum absolute atomic E-state index is 0.0252. The Kier molecular flexibility index (Phi) is 7.87. The van der Waals surface area contributed by atoms with Crippen molar-refractivity contribution in [1.82, 2.24) is 5.32 Å². The van der Waals surface area contributed by atoms with Crippen LogP contribution in [0.4, 0.5) is 11.4 Å². The van der Waals surface area contributed by atoms with E-state index < -0.39 is 11.9 Å². The fourth-order valence-corrected chi connectivity index (χ4v) is 3.09. The lowest BCUT2D eigenvalue weighted by Gasteiger charge is -2.14. The van der Waals surface area contributed by atoms with Gasteiger partial charge in [-0.15, -0.1) is 0 Å². The summed E-state index contributed by atoms with van der Waals surface area (Å²) in [5.74, 6) is -2.62. The number of carbonyl (C=O) groups is 3. The summed E-state index contributed by atoms with van der Waals surface area (Å²) in [4.78, 5) is 34.5. The van der Waals surface area contributed by atoms with Crippen LogP contribution >= 0.6 is 12.2 Å². The van der Waals surface area contributed by atoms with Crippen molar-refractivity contribution in [2.24, 2.45) is 0 Å².